The zero-order valence-electron chi connectivity index (χ0n) is 13.7. The van der Waals surface area contributed by atoms with E-state index in [1.165, 1.54) is 7.11 Å². The van der Waals surface area contributed by atoms with Crippen molar-refractivity contribution in [3.8, 4) is 0 Å². The first-order chi connectivity index (χ1) is 10.6. The van der Waals surface area contributed by atoms with Crippen LogP contribution in [0, 0.1) is 6.92 Å². The summed E-state index contributed by atoms with van der Waals surface area (Å²) in [6.07, 6.45) is -0.973. The van der Waals surface area contributed by atoms with Gasteiger partial charge in [-0.05, 0) is 49.2 Å². The van der Waals surface area contributed by atoms with Gasteiger partial charge in [0, 0.05) is 5.56 Å². The maximum Gasteiger partial charge on any atom is 0.339 e. The Balaban J connectivity index is 2.77. The standard InChI is InChI=1S/C15H20BrN3O4/c1-6-7(12(13(20)22-5)23-15(2,3)4)8(16)10-11(9(6)17)19-14(21)18-10/h12H,17H2,1-5H3,(H2,18,19,21)/t12-/m0/s1. The molecule has 0 aliphatic carbocycles. The first-order valence-electron chi connectivity index (χ1n) is 7.02. The molecule has 0 bridgehead atoms. The third kappa shape index (κ3) is 3.28. The number of imidazole rings is 1. The van der Waals surface area contributed by atoms with E-state index in [-0.39, 0.29) is 5.69 Å². The number of hydrogen-bond acceptors (Lipinski definition) is 5. The van der Waals surface area contributed by atoms with Gasteiger partial charge in [-0.25, -0.2) is 9.59 Å². The van der Waals surface area contributed by atoms with E-state index in [1.54, 1.807) is 6.92 Å². The molecule has 1 aromatic carbocycles. The highest BCUT2D eigenvalue weighted by Gasteiger charge is 2.33. The van der Waals surface area contributed by atoms with Crippen LogP contribution >= 0.6 is 15.9 Å². The highest BCUT2D eigenvalue weighted by molar-refractivity contribution is 9.10. The topological polar surface area (TPSA) is 110 Å². The molecule has 1 aromatic heterocycles. The number of H-pyrrole nitrogens is 2. The summed E-state index contributed by atoms with van der Waals surface area (Å²) < 4.78 is 11.3. The van der Waals surface area contributed by atoms with Gasteiger partial charge in [-0.2, -0.15) is 0 Å². The van der Waals surface area contributed by atoms with Crippen molar-refractivity contribution >= 4 is 38.6 Å². The van der Waals surface area contributed by atoms with E-state index in [1.807, 2.05) is 20.8 Å². The van der Waals surface area contributed by atoms with Crippen LogP contribution in [-0.4, -0.2) is 28.6 Å². The van der Waals surface area contributed by atoms with Gasteiger partial charge in [-0.3, -0.25) is 0 Å². The van der Waals surface area contributed by atoms with E-state index < -0.39 is 17.7 Å². The SMILES string of the molecule is COC(=O)[C@@H](OC(C)(C)C)c1c(C)c(N)c2[nH]c(=O)[nH]c2c1Br. The number of carbonyl (C=O) groups is 1. The number of ether oxygens (including phenoxy) is 2. The van der Waals surface area contributed by atoms with Crippen LogP contribution in [0.3, 0.4) is 0 Å². The van der Waals surface area contributed by atoms with E-state index in [9.17, 15) is 9.59 Å². The lowest BCUT2D eigenvalue weighted by atomic mass is 9.99. The van der Waals surface area contributed by atoms with Crippen LogP contribution in [0.1, 0.15) is 38.0 Å². The molecule has 4 N–H and O–H groups in total. The van der Waals surface area contributed by atoms with Crippen LogP contribution in [0.2, 0.25) is 0 Å². The third-order valence-electron chi connectivity index (χ3n) is 3.41. The van der Waals surface area contributed by atoms with Gasteiger partial charge in [0.15, 0.2) is 6.10 Å². The summed E-state index contributed by atoms with van der Waals surface area (Å²) in [5.41, 5.74) is 7.69. The molecule has 23 heavy (non-hydrogen) atoms. The van der Waals surface area contributed by atoms with Crippen molar-refractivity contribution in [1.29, 1.82) is 0 Å². The molecule has 7 nitrogen and oxygen atoms in total. The minimum atomic E-state index is -0.973. The number of methoxy groups -OCH3 is 1. The van der Waals surface area contributed by atoms with Gasteiger partial charge in [0.25, 0.3) is 0 Å². The van der Waals surface area contributed by atoms with Crippen LogP contribution < -0.4 is 11.4 Å². The van der Waals surface area contributed by atoms with Gasteiger partial charge in [0.2, 0.25) is 0 Å². The number of halogens is 1. The fourth-order valence-corrected chi connectivity index (χ4v) is 3.18. The molecule has 0 fully saturated rings. The lowest BCUT2D eigenvalue weighted by molar-refractivity contribution is -0.164. The van der Waals surface area contributed by atoms with Gasteiger partial charge >= 0.3 is 11.7 Å². The van der Waals surface area contributed by atoms with Gasteiger partial charge in [0.05, 0.1) is 33.9 Å². The fraction of sp³-hybridized carbons (Fsp3) is 0.467. The molecule has 0 spiro atoms. The highest BCUT2D eigenvalue weighted by Crippen LogP contribution is 2.39. The minimum absolute atomic E-state index is 0.378. The second-order valence-corrected chi connectivity index (χ2v) is 7.02. The first kappa shape index (κ1) is 17.6. The summed E-state index contributed by atoms with van der Waals surface area (Å²) in [5.74, 6) is -0.541. The molecule has 1 atom stereocenters. The van der Waals surface area contributed by atoms with Gasteiger partial charge < -0.3 is 25.2 Å². The number of nitrogen functional groups attached to an aromatic ring is 1. The highest BCUT2D eigenvalue weighted by atomic mass is 79.9. The van der Waals surface area contributed by atoms with E-state index in [4.69, 9.17) is 15.2 Å². The molecular weight excluding hydrogens is 366 g/mol. The second kappa shape index (κ2) is 6.01. The summed E-state index contributed by atoms with van der Waals surface area (Å²) in [6, 6.07) is 0. The fourth-order valence-electron chi connectivity index (χ4n) is 2.38. The Bertz CT molecular complexity index is 817. The quantitative estimate of drug-likeness (QED) is 0.555. The van der Waals surface area contributed by atoms with Crippen LogP contribution in [0.25, 0.3) is 11.0 Å². The number of aromatic nitrogens is 2. The van der Waals surface area contributed by atoms with E-state index >= 15 is 0 Å². The van der Waals surface area contributed by atoms with Crippen molar-refractivity contribution in [1.82, 2.24) is 9.97 Å². The lowest BCUT2D eigenvalue weighted by Crippen LogP contribution is -2.29. The third-order valence-corrected chi connectivity index (χ3v) is 4.23. The Kier molecular flexibility index (Phi) is 4.59. The van der Waals surface area contributed by atoms with Gasteiger partial charge in [-0.15, -0.1) is 0 Å². The van der Waals surface area contributed by atoms with Crippen molar-refractivity contribution < 1.29 is 14.3 Å². The number of benzene rings is 1. The van der Waals surface area contributed by atoms with Crippen molar-refractivity contribution in [2.24, 2.45) is 0 Å². The molecule has 0 aliphatic heterocycles. The number of rotatable bonds is 3. The number of nitrogens with one attached hydrogen (secondary N) is 2. The van der Waals surface area contributed by atoms with E-state index in [2.05, 4.69) is 25.9 Å². The van der Waals surface area contributed by atoms with Crippen LogP contribution in [-0.2, 0) is 14.3 Å². The zero-order chi connectivity index (χ0) is 17.5. The number of anilines is 1. The monoisotopic (exact) mass is 385 g/mol. The Hall–Kier alpha value is -1.80. The Morgan fingerprint density at radius 1 is 1.26 bits per heavy atom. The summed E-state index contributed by atoms with van der Waals surface area (Å²) >= 11 is 3.45. The predicted molar refractivity (Wildman–Crippen MR) is 91.4 cm³/mol. The Morgan fingerprint density at radius 3 is 2.35 bits per heavy atom. The van der Waals surface area contributed by atoms with Crippen molar-refractivity contribution in [3.63, 3.8) is 0 Å². The summed E-state index contributed by atoms with van der Waals surface area (Å²) in [7, 11) is 1.30. The Morgan fingerprint density at radius 2 is 1.83 bits per heavy atom. The molecule has 8 heteroatoms. The normalized spacial score (nSPS) is 13.3. The molecule has 0 amide bonds. The molecule has 0 radical (unpaired) electrons. The summed E-state index contributed by atoms with van der Waals surface area (Å²) in [5, 5.41) is 0. The van der Waals surface area contributed by atoms with Gasteiger partial charge in [0.1, 0.15) is 0 Å². The zero-order valence-corrected chi connectivity index (χ0v) is 15.3. The molecule has 2 aromatic rings. The minimum Gasteiger partial charge on any atom is -0.467 e. The predicted octanol–water partition coefficient (Wildman–Crippen LogP) is 2.54. The smallest absolute Gasteiger partial charge is 0.339 e. The molecule has 0 unspecified atom stereocenters. The molecule has 2 rings (SSSR count). The van der Waals surface area contributed by atoms with Crippen molar-refractivity contribution in [2.75, 3.05) is 12.8 Å². The van der Waals surface area contributed by atoms with Crippen LogP contribution in [0.15, 0.2) is 9.27 Å². The maximum atomic E-state index is 12.3. The summed E-state index contributed by atoms with van der Waals surface area (Å²) in [4.78, 5) is 29.2. The largest absolute Gasteiger partial charge is 0.467 e. The number of nitrogens with two attached hydrogens (primary N) is 1. The van der Waals surface area contributed by atoms with E-state index in [0.717, 1.165) is 0 Å². The molecule has 1 heterocycles. The summed E-state index contributed by atoms with van der Waals surface area (Å²) in [6.45, 7) is 7.28. The number of esters is 1. The second-order valence-electron chi connectivity index (χ2n) is 6.23. The van der Waals surface area contributed by atoms with Crippen molar-refractivity contribution in [2.45, 2.75) is 39.4 Å². The van der Waals surface area contributed by atoms with Gasteiger partial charge in [-0.1, -0.05) is 0 Å². The van der Waals surface area contributed by atoms with Crippen LogP contribution in [0.5, 0.6) is 0 Å². The number of carbonyl (C=O) groups excluding carboxylic acids is 1. The van der Waals surface area contributed by atoms with Crippen molar-refractivity contribution in [3.05, 3.63) is 26.1 Å². The molecule has 0 saturated carbocycles. The average molecular weight is 386 g/mol. The first-order valence-corrected chi connectivity index (χ1v) is 7.81. The Labute approximate surface area is 141 Å². The molecule has 0 aliphatic rings. The lowest BCUT2D eigenvalue weighted by Gasteiger charge is -2.28. The molecule has 126 valence electrons. The maximum absolute atomic E-state index is 12.3. The number of aromatic amines is 2. The average Bonchev–Trinajstić information content (AvgIpc) is 2.84. The number of hydrogen-bond donors (Lipinski definition) is 3. The molecule has 0 saturated heterocycles. The molecular formula is C15H20BrN3O4. The number of fused-ring (bicyclic) bond motifs is 1. The van der Waals surface area contributed by atoms with E-state index in [0.29, 0.717) is 32.3 Å². The van der Waals surface area contributed by atoms with Crippen LogP contribution in [0.4, 0.5) is 5.69 Å².